The number of benzene rings is 1. The zero-order chi connectivity index (χ0) is 11.5. The molecule has 0 saturated heterocycles. The SMILES string of the molecule is NC(CO)c1noc(-c2cccc(F)c2)n1. The number of aromatic nitrogens is 2. The van der Waals surface area contributed by atoms with Gasteiger partial charge in [-0.2, -0.15) is 4.98 Å². The van der Waals surface area contributed by atoms with E-state index in [1.54, 1.807) is 12.1 Å². The summed E-state index contributed by atoms with van der Waals surface area (Å²) in [4.78, 5) is 3.96. The normalized spacial score (nSPS) is 12.7. The Morgan fingerprint density at radius 2 is 2.31 bits per heavy atom. The second kappa shape index (κ2) is 4.38. The van der Waals surface area contributed by atoms with E-state index >= 15 is 0 Å². The van der Waals surface area contributed by atoms with Crippen molar-refractivity contribution in [2.45, 2.75) is 6.04 Å². The van der Waals surface area contributed by atoms with Crippen LogP contribution in [0, 0.1) is 5.82 Å². The van der Waals surface area contributed by atoms with Crippen LogP contribution < -0.4 is 5.73 Å². The van der Waals surface area contributed by atoms with E-state index < -0.39 is 6.04 Å². The number of nitrogens with two attached hydrogens (primary N) is 1. The van der Waals surface area contributed by atoms with Crippen molar-refractivity contribution in [1.29, 1.82) is 0 Å². The van der Waals surface area contributed by atoms with Gasteiger partial charge in [-0.1, -0.05) is 11.2 Å². The molecule has 3 N–H and O–H groups in total. The molecule has 2 aromatic rings. The van der Waals surface area contributed by atoms with Crippen LogP contribution in [0.15, 0.2) is 28.8 Å². The molecule has 84 valence electrons. The molecule has 0 aliphatic rings. The van der Waals surface area contributed by atoms with E-state index in [1.807, 2.05) is 0 Å². The van der Waals surface area contributed by atoms with Crippen LogP contribution >= 0.6 is 0 Å². The summed E-state index contributed by atoms with van der Waals surface area (Å²) in [5, 5.41) is 12.4. The van der Waals surface area contributed by atoms with Gasteiger partial charge in [0.15, 0.2) is 5.82 Å². The van der Waals surface area contributed by atoms with Crippen LogP contribution in [0.2, 0.25) is 0 Å². The van der Waals surface area contributed by atoms with Gasteiger partial charge in [-0.25, -0.2) is 4.39 Å². The van der Waals surface area contributed by atoms with E-state index in [0.29, 0.717) is 5.56 Å². The van der Waals surface area contributed by atoms with Crippen molar-refractivity contribution in [2.24, 2.45) is 5.73 Å². The average Bonchev–Trinajstić information content (AvgIpc) is 2.77. The molecular formula is C10H10FN3O2. The first-order valence-corrected chi connectivity index (χ1v) is 4.66. The van der Waals surface area contributed by atoms with E-state index in [1.165, 1.54) is 12.1 Å². The van der Waals surface area contributed by atoms with Crippen molar-refractivity contribution < 1.29 is 14.0 Å². The fourth-order valence-electron chi connectivity index (χ4n) is 1.21. The number of aliphatic hydroxyl groups is 1. The van der Waals surface area contributed by atoms with E-state index in [4.69, 9.17) is 15.4 Å². The first-order valence-electron chi connectivity index (χ1n) is 4.66. The lowest BCUT2D eigenvalue weighted by molar-refractivity contribution is 0.260. The Hall–Kier alpha value is -1.79. The molecule has 0 bridgehead atoms. The number of rotatable bonds is 3. The van der Waals surface area contributed by atoms with Crippen LogP contribution in [-0.2, 0) is 0 Å². The molecule has 0 aliphatic heterocycles. The molecule has 1 atom stereocenters. The van der Waals surface area contributed by atoms with Crippen molar-refractivity contribution >= 4 is 0 Å². The molecule has 0 saturated carbocycles. The zero-order valence-corrected chi connectivity index (χ0v) is 8.30. The molecule has 1 unspecified atom stereocenters. The average molecular weight is 223 g/mol. The fourth-order valence-corrected chi connectivity index (χ4v) is 1.21. The Morgan fingerprint density at radius 3 is 3.00 bits per heavy atom. The molecule has 6 heteroatoms. The Morgan fingerprint density at radius 1 is 1.50 bits per heavy atom. The maximum Gasteiger partial charge on any atom is 0.258 e. The minimum Gasteiger partial charge on any atom is -0.394 e. The minimum absolute atomic E-state index is 0.179. The van der Waals surface area contributed by atoms with E-state index in [-0.39, 0.29) is 24.1 Å². The van der Waals surface area contributed by atoms with Crippen LogP contribution in [0.5, 0.6) is 0 Å². The number of nitrogens with zero attached hydrogens (tertiary/aromatic N) is 2. The zero-order valence-electron chi connectivity index (χ0n) is 8.30. The second-order valence-electron chi connectivity index (χ2n) is 3.26. The predicted molar refractivity (Wildman–Crippen MR) is 53.7 cm³/mol. The summed E-state index contributed by atoms with van der Waals surface area (Å²) in [5.41, 5.74) is 5.98. The molecule has 0 fully saturated rings. The van der Waals surface area contributed by atoms with Gasteiger partial charge in [0.1, 0.15) is 5.82 Å². The Kier molecular flexibility index (Phi) is 2.93. The smallest absolute Gasteiger partial charge is 0.258 e. The highest BCUT2D eigenvalue weighted by Gasteiger charge is 2.14. The molecule has 1 aromatic carbocycles. The molecule has 0 radical (unpaired) electrons. The molecular weight excluding hydrogens is 213 g/mol. The molecule has 0 aliphatic carbocycles. The summed E-state index contributed by atoms with van der Waals surface area (Å²) < 4.78 is 17.8. The van der Waals surface area contributed by atoms with Gasteiger partial charge in [-0.05, 0) is 18.2 Å². The van der Waals surface area contributed by atoms with Gasteiger partial charge < -0.3 is 15.4 Å². The molecule has 0 spiro atoms. The quantitative estimate of drug-likeness (QED) is 0.806. The highest BCUT2D eigenvalue weighted by molar-refractivity contribution is 5.52. The van der Waals surface area contributed by atoms with Crippen molar-refractivity contribution in [1.82, 2.24) is 10.1 Å². The molecule has 16 heavy (non-hydrogen) atoms. The third kappa shape index (κ3) is 2.07. The van der Waals surface area contributed by atoms with E-state index in [9.17, 15) is 4.39 Å². The first kappa shape index (κ1) is 10.7. The van der Waals surface area contributed by atoms with Crippen molar-refractivity contribution in [3.63, 3.8) is 0 Å². The lowest BCUT2D eigenvalue weighted by Crippen LogP contribution is -2.15. The van der Waals surface area contributed by atoms with Gasteiger partial charge in [0.25, 0.3) is 5.89 Å². The van der Waals surface area contributed by atoms with Crippen molar-refractivity contribution in [3.05, 3.63) is 35.9 Å². The number of hydrogen-bond donors (Lipinski definition) is 2. The van der Waals surface area contributed by atoms with Gasteiger partial charge in [-0.15, -0.1) is 0 Å². The topological polar surface area (TPSA) is 85.2 Å². The second-order valence-corrected chi connectivity index (χ2v) is 3.26. The Bertz CT molecular complexity index is 486. The lowest BCUT2D eigenvalue weighted by Gasteiger charge is -1.98. The number of halogens is 1. The van der Waals surface area contributed by atoms with Crippen molar-refractivity contribution in [3.8, 4) is 11.5 Å². The maximum absolute atomic E-state index is 12.9. The van der Waals surface area contributed by atoms with Gasteiger partial charge in [0.2, 0.25) is 0 Å². The third-order valence-corrected chi connectivity index (χ3v) is 2.04. The number of aliphatic hydroxyl groups excluding tert-OH is 1. The number of hydrogen-bond acceptors (Lipinski definition) is 5. The largest absolute Gasteiger partial charge is 0.394 e. The fraction of sp³-hybridized carbons (Fsp3) is 0.200. The van der Waals surface area contributed by atoms with Crippen molar-refractivity contribution in [2.75, 3.05) is 6.61 Å². The van der Waals surface area contributed by atoms with Gasteiger partial charge in [0, 0.05) is 5.56 Å². The van der Waals surface area contributed by atoms with Crippen LogP contribution in [0.25, 0.3) is 11.5 Å². The molecule has 1 aromatic heterocycles. The van der Waals surface area contributed by atoms with Crippen LogP contribution in [-0.4, -0.2) is 21.9 Å². The summed E-state index contributed by atoms with van der Waals surface area (Å²) in [6.45, 7) is -0.276. The highest BCUT2D eigenvalue weighted by atomic mass is 19.1. The Labute approximate surface area is 90.7 Å². The minimum atomic E-state index is -0.689. The molecule has 2 rings (SSSR count). The molecule has 5 nitrogen and oxygen atoms in total. The van der Waals surface area contributed by atoms with Gasteiger partial charge >= 0.3 is 0 Å². The third-order valence-electron chi connectivity index (χ3n) is 2.04. The predicted octanol–water partition coefficient (Wildman–Crippen LogP) is 0.868. The van der Waals surface area contributed by atoms with Crippen LogP contribution in [0.4, 0.5) is 4.39 Å². The lowest BCUT2D eigenvalue weighted by atomic mass is 10.2. The van der Waals surface area contributed by atoms with E-state index in [0.717, 1.165) is 0 Å². The summed E-state index contributed by atoms with van der Waals surface area (Å²) in [6.07, 6.45) is 0. The van der Waals surface area contributed by atoms with E-state index in [2.05, 4.69) is 10.1 Å². The van der Waals surface area contributed by atoms with Gasteiger partial charge in [0.05, 0.1) is 12.6 Å². The monoisotopic (exact) mass is 223 g/mol. The Balaban J connectivity index is 2.31. The van der Waals surface area contributed by atoms with Crippen LogP contribution in [0.3, 0.4) is 0 Å². The first-order chi connectivity index (χ1) is 7.70. The summed E-state index contributed by atoms with van der Waals surface area (Å²) in [6, 6.07) is 5.10. The van der Waals surface area contributed by atoms with Crippen LogP contribution in [0.1, 0.15) is 11.9 Å². The summed E-state index contributed by atoms with van der Waals surface area (Å²) in [7, 11) is 0. The summed E-state index contributed by atoms with van der Waals surface area (Å²) >= 11 is 0. The van der Waals surface area contributed by atoms with Gasteiger partial charge in [-0.3, -0.25) is 0 Å². The molecule has 1 heterocycles. The highest BCUT2D eigenvalue weighted by Crippen LogP contribution is 2.19. The maximum atomic E-state index is 12.9. The molecule has 0 amide bonds. The standard InChI is InChI=1S/C10H10FN3O2/c11-7-3-1-2-6(4-7)10-13-9(14-16-10)8(12)5-15/h1-4,8,15H,5,12H2. The summed E-state index contributed by atoms with van der Waals surface area (Å²) in [5.74, 6) is -0.0103.